The summed E-state index contributed by atoms with van der Waals surface area (Å²) in [6, 6.07) is 7.37. The molecule has 1 aromatic rings. The van der Waals surface area contributed by atoms with Gasteiger partial charge in [-0.3, -0.25) is 9.59 Å². The topological polar surface area (TPSA) is 66.4 Å². The number of aliphatic carboxylic acids is 1. The maximum atomic E-state index is 12.0. The molecule has 0 bridgehead atoms. The first kappa shape index (κ1) is 16.2. The van der Waals surface area contributed by atoms with Gasteiger partial charge in [-0.15, -0.1) is 0 Å². The molecule has 1 atom stereocenters. The van der Waals surface area contributed by atoms with Gasteiger partial charge >= 0.3 is 5.97 Å². The Bertz CT molecular complexity index is 451. The number of hydrogen-bond acceptors (Lipinski definition) is 2. The molecule has 0 heterocycles. The molecule has 0 saturated carbocycles. The lowest BCUT2D eigenvalue weighted by Crippen LogP contribution is -2.33. The van der Waals surface area contributed by atoms with Crippen LogP contribution in [-0.2, 0) is 11.2 Å². The Labute approximate surface area is 120 Å². The summed E-state index contributed by atoms with van der Waals surface area (Å²) < 4.78 is 0. The van der Waals surface area contributed by atoms with Gasteiger partial charge in [0.15, 0.2) is 0 Å². The minimum atomic E-state index is -0.861. The predicted octanol–water partition coefficient (Wildman–Crippen LogP) is 2.73. The van der Waals surface area contributed by atoms with Crippen molar-refractivity contribution < 1.29 is 14.7 Å². The normalized spacial score (nSPS) is 12.2. The maximum Gasteiger partial charge on any atom is 0.308 e. The zero-order valence-electron chi connectivity index (χ0n) is 12.3. The lowest BCUT2D eigenvalue weighted by molar-refractivity contribution is -0.142. The number of nitrogens with one attached hydrogen (secondary N) is 1. The molecule has 0 radical (unpaired) electrons. The fraction of sp³-hybridized carbons (Fsp3) is 0.500. The van der Waals surface area contributed by atoms with Crippen LogP contribution in [0.5, 0.6) is 0 Å². The molecule has 1 aromatic carbocycles. The molecular weight excluding hydrogens is 254 g/mol. The zero-order chi connectivity index (χ0) is 15.1. The quantitative estimate of drug-likeness (QED) is 0.805. The van der Waals surface area contributed by atoms with Crippen LogP contribution >= 0.6 is 0 Å². The molecule has 1 rings (SSSR count). The van der Waals surface area contributed by atoms with Gasteiger partial charge in [-0.05, 0) is 36.5 Å². The molecule has 110 valence electrons. The van der Waals surface area contributed by atoms with Crippen molar-refractivity contribution in [2.45, 2.75) is 33.6 Å². The average Bonchev–Trinajstić information content (AvgIpc) is 2.42. The molecule has 0 fully saturated rings. The molecule has 1 amide bonds. The van der Waals surface area contributed by atoms with Crippen LogP contribution in [0.15, 0.2) is 24.3 Å². The number of carboxylic acids is 1. The largest absolute Gasteiger partial charge is 0.481 e. The van der Waals surface area contributed by atoms with Gasteiger partial charge in [-0.1, -0.05) is 32.9 Å². The number of benzene rings is 1. The van der Waals surface area contributed by atoms with Crippen molar-refractivity contribution in [3.63, 3.8) is 0 Å². The maximum absolute atomic E-state index is 12.0. The number of carboxylic acid groups (broad SMARTS) is 1. The van der Waals surface area contributed by atoms with E-state index >= 15 is 0 Å². The lowest BCUT2D eigenvalue weighted by atomic mass is 9.97. The van der Waals surface area contributed by atoms with E-state index in [0.717, 1.165) is 6.42 Å². The molecule has 4 heteroatoms. The van der Waals surface area contributed by atoms with Crippen LogP contribution < -0.4 is 5.32 Å². The van der Waals surface area contributed by atoms with Gasteiger partial charge in [0.2, 0.25) is 0 Å². The van der Waals surface area contributed by atoms with Crippen LogP contribution in [0, 0.1) is 11.8 Å². The second-order valence-electron chi connectivity index (χ2n) is 5.43. The average molecular weight is 277 g/mol. The molecule has 0 aliphatic rings. The van der Waals surface area contributed by atoms with Gasteiger partial charge < -0.3 is 10.4 Å². The van der Waals surface area contributed by atoms with Gasteiger partial charge in [-0.2, -0.15) is 0 Å². The van der Waals surface area contributed by atoms with Crippen LogP contribution in [0.2, 0.25) is 0 Å². The molecule has 1 unspecified atom stereocenters. The van der Waals surface area contributed by atoms with E-state index in [1.165, 1.54) is 5.56 Å². The Balaban J connectivity index is 2.58. The highest BCUT2D eigenvalue weighted by atomic mass is 16.4. The van der Waals surface area contributed by atoms with E-state index in [1.807, 2.05) is 26.0 Å². The van der Waals surface area contributed by atoms with Gasteiger partial charge in [0, 0.05) is 12.1 Å². The van der Waals surface area contributed by atoms with Crippen molar-refractivity contribution in [3.8, 4) is 0 Å². The van der Waals surface area contributed by atoms with Crippen molar-refractivity contribution in [1.29, 1.82) is 0 Å². The third kappa shape index (κ3) is 5.03. The summed E-state index contributed by atoms with van der Waals surface area (Å²) in [5.74, 6) is -1.33. The van der Waals surface area contributed by atoms with E-state index in [-0.39, 0.29) is 18.4 Å². The zero-order valence-corrected chi connectivity index (χ0v) is 12.3. The van der Waals surface area contributed by atoms with Gasteiger partial charge in [0.1, 0.15) is 0 Å². The predicted molar refractivity (Wildman–Crippen MR) is 78.7 cm³/mol. The van der Waals surface area contributed by atoms with Crippen LogP contribution in [0.3, 0.4) is 0 Å². The van der Waals surface area contributed by atoms with E-state index in [9.17, 15) is 9.59 Å². The Morgan fingerprint density at radius 1 is 1.20 bits per heavy atom. The lowest BCUT2D eigenvalue weighted by Gasteiger charge is -2.15. The van der Waals surface area contributed by atoms with Gasteiger partial charge in [-0.25, -0.2) is 0 Å². The second-order valence-corrected chi connectivity index (χ2v) is 5.43. The standard InChI is InChI=1S/C16H23NO3/c1-4-12-5-7-13(8-6-12)15(18)17-10-14(16(19)20)9-11(2)3/h5-8,11,14H,4,9-10H2,1-3H3,(H,17,18)(H,19,20). The minimum absolute atomic E-state index is 0.169. The van der Waals surface area contributed by atoms with Gasteiger partial charge in [0.25, 0.3) is 5.91 Å². The molecule has 4 nitrogen and oxygen atoms in total. The monoisotopic (exact) mass is 277 g/mol. The molecule has 20 heavy (non-hydrogen) atoms. The Kier molecular flexibility index (Phi) is 6.22. The highest BCUT2D eigenvalue weighted by molar-refractivity contribution is 5.94. The van der Waals surface area contributed by atoms with E-state index in [2.05, 4.69) is 12.2 Å². The number of carbonyl (C=O) groups excluding carboxylic acids is 1. The molecule has 0 aliphatic heterocycles. The molecule has 0 spiro atoms. The van der Waals surface area contributed by atoms with Crippen LogP contribution in [0.25, 0.3) is 0 Å². The molecule has 0 aromatic heterocycles. The fourth-order valence-corrected chi connectivity index (χ4v) is 2.05. The van der Waals surface area contributed by atoms with Crippen molar-refractivity contribution in [3.05, 3.63) is 35.4 Å². The molecule has 0 aliphatic carbocycles. The highest BCUT2D eigenvalue weighted by Gasteiger charge is 2.19. The third-order valence-corrected chi connectivity index (χ3v) is 3.24. The van der Waals surface area contributed by atoms with Crippen molar-refractivity contribution in [2.24, 2.45) is 11.8 Å². The SMILES string of the molecule is CCc1ccc(C(=O)NCC(CC(C)C)C(=O)O)cc1. The van der Waals surface area contributed by atoms with Crippen LogP contribution in [-0.4, -0.2) is 23.5 Å². The number of rotatable bonds is 7. The number of hydrogen-bond donors (Lipinski definition) is 2. The van der Waals surface area contributed by atoms with E-state index in [1.54, 1.807) is 12.1 Å². The first-order chi connectivity index (χ1) is 9.43. The highest BCUT2D eigenvalue weighted by Crippen LogP contribution is 2.11. The summed E-state index contributed by atoms with van der Waals surface area (Å²) in [6.45, 7) is 6.17. The Hall–Kier alpha value is -1.84. The Morgan fingerprint density at radius 2 is 1.80 bits per heavy atom. The van der Waals surface area contributed by atoms with E-state index in [4.69, 9.17) is 5.11 Å². The Morgan fingerprint density at radius 3 is 2.25 bits per heavy atom. The number of amides is 1. The van der Waals surface area contributed by atoms with Crippen LogP contribution in [0.4, 0.5) is 0 Å². The summed E-state index contributed by atoms with van der Waals surface area (Å²) in [4.78, 5) is 23.1. The summed E-state index contributed by atoms with van der Waals surface area (Å²) in [7, 11) is 0. The molecular formula is C16H23NO3. The summed E-state index contributed by atoms with van der Waals surface area (Å²) in [5.41, 5.74) is 1.74. The van der Waals surface area contributed by atoms with Crippen molar-refractivity contribution >= 4 is 11.9 Å². The van der Waals surface area contributed by atoms with Crippen LogP contribution in [0.1, 0.15) is 43.1 Å². The summed E-state index contributed by atoms with van der Waals surface area (Å²) in [6.07, 6.45) is 1.49. The number of carbonyl (C=O) groups is 2. The van der Waals surface area contributed by atoms with Crippen molar-refractivity contribution in [2.75, 3.05) is 6.54 Å². The fourth-order valence-electron chi connectivity index (χ4n) is 2.05. The van der Waals surface area contributed by atoms with Gasteiger partial charge in [0.05, 0.1) is 5.92 Å². The number of aryl methyl sites for hydroxylation is 1. The van der Waals surface area contributed by atoms with E-state index < -0.39 is 11.9 Å². The summed E-state index contributed by atoms with van der Waals surface area (Å²) in [5, 5.41) is 11.8. The smallest absolute Gasteiger partial charge is 0.308 e. The minimum Gasteiger partial charge on any atom is -0.481 e. The first-order valence-electron chi connectivity index (χ1n) is 7.04. The molecule has 2 N–H and O–H groups in total. The van der Waals surface area contributed by atoms with Crippen molar-refractivity contribution in [1.82, 2.24) is 5.32 Å². The summed E-state index contributed by atoms with van der Waals surface area (Å²) >= 11 is 0. The second kappa shape index (κ2) is 7.68. The van der Waals surface area contributed by atoms with E-state index in [0.29, 0.717) is 12.0 Å². The molecule has 0 saturated heterocycles. The third-order valence-electron chi connectivity index (χ3n) is 3.24. The first-order valence-corrected chi connectivity index (χ1v) is 7.04.